The highest BCUT2D eigenvalue weighted by Gasteiger charge is 2.28. The van der Waals surface area contributed by atoms with Gasteiger partial charge in [0, 0.05) is 41.4 Å². The lowest BCUT2D eigenvalue weighted by atomic mass is 10.1. The predicted octanol–water partition coefficient (Wildman–Crippen LogP) is 4.50. The Kier molecular flexibility index (Phi) is 5.22. The zero-order valence-electron chi connectivity index (χ0n) is 16.0. The fourth-order valence-corrected chi connectivity index (χ4v) is 3.97. The quantitative estimate of drug-likeness (QED) is 0.654. The molecule has 2 aromatic carbocycles. The summed E-state index contributed by atoms with van der Waals surface area (Å²) < 4.78 is 1.02. The largest absolute Gasteiger partial charge is 0.365 e. The van der Waals surface area contributed by atoms with Gasteiger partial charge in [-0.25, -0.2) is 0 Å². The number of hydrogen-bond acceptors (Lipinski definition) is 3. The van der Waals surface area contributed by atoms with Gasteiger partial charge < -0.3 is 9.80 Å². The van der Waals surface area contributed by atoms with Crippen LogP contribution in [0.5, 0.6) is 0 Å². The van der Waals surface area contributed by atoms with Gasteiger partial charge in [0.05, 0.1) is 5.69 Å². The number of anilines is 1. The van der Waals surface area contributed by atoms with Gasteiger partial charge in [0.1, 0.15) is 5.69 Å². The van der Waals surface area contributed by atoms with E-state index in [0.717, 1.165) is 22.3 Å². The number of amides is 1. The number of aryl methyl sites for hydroxylation is 1. The SMILES string of the molecule is Cc1cccc(N2CCN(C(=O)c3cc(-c4ccc(Br)cc4)n[nH]3)CC2C)c1. The van der Waals surface area contributed by atoms with Crippen molar-refractivity contribution in [3.05, 3.63) is 70.3 Å². The van der Waals surface area contributed by atoms with Gasteiger partial charge in [0.25, 0.3) is 5.91 Å². The Hall–Kier alpha value is -2.60. The van der Waals surface area contributed by atoms with E-state index in [1.807, 2.05) is 35.2 Å². The molecule has 1 saturated heterocycles. The van der Waals surface area contributed by atoms with E-state index in [0.29, 0.717) is 18.8 Å². The minimum atomic E-state index is 0.00611. The second-order valence-corrected chi connectivity index (χ2v) is 8.22. The highest BCUT2D eigenvalue weighted by molar-refractivity contribution is 9.10. The Labute approximate surface area is 173 Å². The van der Waals surface area contributed by atoms with Crippen LogP contribution in [-0.2, 0) is 0 Å². The zero-order valence-corrected chi connectivity index (χ0v) is 17.6. The number of rotatable bonds is 3. The summed E-state index contributed by atoms with van der Waals surface area (Å²) in [7, 11) is 0. The Balaban J connectivity index is 1.46. The van der Waals surface area contributed by atoms with Crippen LogP contribution in [0.1, 0.15) is 23.0 Å². The molecule has 1 atom stereocenters. The number of nitrogens with zero attached hydrogens (tertiary/aromatic N) is 3. The molecule has 6 heteroatoms. The molecule has 0 saturated carbocycles. The van der Waals surface area contributed by atoms with Crippen molar-refractivity contribution in [1.29, 1.82) is 0 Å². The highest BCUT2D eigenvalue weighted by atomic mass is 79.9. The Morgan fingerprint density at radius 2 is 1.93 bits per heavy atom. The summed E-state index contributed by atoms with van der Waals surface area (Å²) >= 11 is 3.44. The van der Waals surface area contributed by atoms with Crippen LogP contribution in [0.2, 0.25) is 0 Å². The van der Waals surface area contributed by atoms with Crippen LogP contribution >= 0.6 is 15.9 Å². The first-order valence-electron chi connectivity index (χ1n) is 9.45. The maximum Gasteiger partial charge on any atom is 0.272 e. The van der Waals surface area contributed by atoms with Crippen LogP contribution in [0, 0.1) is 6.92 Å². The van der Waals surface area contributed by atoms with E-state index >= 15 is 0 Å². The van der Waals surface area contributed by atoms with Crippen molar-refractivity contribution < 1.29 is 4.79 Å². The van der Waals surface area contributed by atoms with Gasteiger partial charge in [0.2, 0.25) is 0 Å². The van der Waals surface area contributed by atoms with Gasteiger partial charge >= 0.3 is 0 Å². The summed E-state index contributed by atoms with van der Waals surface area (Å²) in [6.07, 6.45) is 0. The molecule has 0 radical (unpaired) electrons. The first-order chi connectivity index (χ1) is 13.5. The number of hydrogen-bond donors (Lipinski definition) is 1. The Bertz CT molecular complexity index is 982. The second-order valence-electron chi connectivity index (χ2n) is 7.31. The number of aromatic amines is 1. The molecule has 1 fully saturated rings. The number of carbonyl (C=O) groups excluding carboxylic acids is 1. The molecule has 144 valence electrons. The molecule has 0 aliphatic carbocycles. The molecule has 2 heterocycles. The molecule has 0 spiro atoms. The first kappa shape index (κ1) is 18.7. The molecule has 3 aromatic rings. The average Bonchev–Trinajstić information content (AvgIpc) is 3.18. The van der Waals surface area contributed by atoms with Gasteiger partial charge in [0.15, 0.2) is 0 Å². The molecular formula is C22H23BrN4O. The van der Waals surface area contributed by atoms with E-state index in [2.05, 4.69) is 69.1 Å². The Morgan fingerprint density at radius 1 is 1.14 bits per heavy atom. The fraction of sp³-hybridized carbons (Fsp3) is 0.273. The van der Waals surface area contributed by atoms with Gasteiger partial charge in [-0.3, -0.25) is 9.89 Å². The smallest absolute Gasteiger partial charge is 0.272 e. The van der Waals surface area contributed by atoms with Crippen molar-refractivity contribution in [2.75, 3.05) is 24.5 Å². The third-order valence-electron chi connectivity index (χ3n) is 5.20. The third kappa shape index (κ3) is 3.83. The summed E-state index contributed by atoms with van der Waals surface area (Å²) in [6, 6.07) is 18.5. The molecule has 28 heavy (non-hydrogen) atoms. The molecule has 5 nitrogen and oxygen atoms in total. The number of piperazine rings is 1. The number of benzene rings is 2. The molecule has 1 aromatic heterocycles. The van der Waals surface area contributed by atoms with Gasteiger partial charge in [-0.15, -0.1) is 0 Å². The second kappa shape index (κ2) is 7.80. The average molecular weight is 439 g/mol. The maximum absolute atomic E-state index is 13.0. The van der Waals surface area contributed by atoms with E-state index in [4.69, 9.17) is 0 Å². The lowest BCUT2D eigenvalue weighted by Gasteiger charge is -2.41. The van der Waals surface area contributed by atoms with E-state index in [9.17, 15) is 4.79 Å². The van der Waals surface area contributed by atoms with Gasteiger partial charge in [-0.1, -0.05) is 40.2 Å². The van der Waals surface area contributed by atoms with Crippen LogP contribution in [0.15, 0.2) is 59.1 Å². The molecule has 0 bridgehead atoms. The topological polar surface area (TPSA) is 52.2 Å². The lowest BCUT2D eigenvalue weighted by Crippen LogP contribution is -2.53. The van der Waals surface area contributed by atoms with Crippen molar-refractivity contribution in [3.8, 4) is 11.3 Å². The lowest BCUT2D eigenvalue weighted by molar-refractivity contribution is 0.0720. The summed E-state index contributed by atoms with van der Waals surface area (Å²) in [5.74, 6) is 0.00611. The summed E-state index contributed by atoms with van der Waals surface area (Å²) in [5, 5.41) is 7.24. The van der Waals surface area contributed by atoms with Crippen molar-refractivity contribution in [3.63, 3.8) is 0 Å². The monoisotopic (exact) mass is 438 g/mol. The number of H-pyrrole nitrogens is 1. The van der Waals surface area contributed by atoms with Crippen LogP contribution in [0.4, 0.5) is 5.69 Å². The number of halogens is 1. The summed E-state index contributed by atoms with van der Waals surface area (Å²) in [4.78, 5) is 17.3. The normalized spacial score (nSPS) is 17.0. The first-order valence-corrected chi connectivity index (χ1v) is 10.2. The van der Waals surface area contributed by atoms with Gasteiger partial charge in [-0.2, -0.15) is 5.10 Å². The molecule has 1 aliphatic heterocycles. The minimum Gasteiger partial charge on any atom is -0.365 e. The predicted molar refractivity (Wildman–Crippen MR) is 116 cm³/mol. The molecule has 1 N–H and O–H groups in total. The Morgan fingerprint density at radius 3 is 2.64 bits per heavy atom. The van der Waals surface area contributed by atoms with Crippen molar-refractivity contribution in [2.24, 2.45) is 0 Å². The van der Waals surface area contributed by atoms with Crippen LogP contribution in [0.25, 0.3) is 11.3 Å². The van der Waals surface area contributed by atoms with Crippen molar-refractivity contribution >= 4 is 27.5 Å². The fourth-order valence-electron chi connectivity index (χ4n) is 3.70. The van der Waals surface area contributed by atoms with E-state index in [1.54, 1.807) is 0 Å². The standard InChI is InChI=1S/C22H23BrN4O/c1-15-4-3-5-19(12-15)27-11-10-26(14-16(27)2)22(28)21-13-20(24-25-21)17-6-8-18(23)9-7-17/h3-9,12-13,16H,10-11,14H2,1-2H3,(H,24,25). The van der Waals surface area contributed by atoms with Crippen molar-refractivity contribution in [1.82, 2.24) is 15.1 Å². The molecular weight excluding hydrogens is 416 g/mol. The zero-order chi connectivity index (χ0) is 19.7. The van der Waals surface area contributed by atoms with E-state index < -0.39 is 0 Å². The number of aromatic nitrogens is 2. The molecule has 4 rings (SSSR count). The van der Waals surface area contributed by atoms with Crippen LogP contribution in [0.3, 0.4) is 0 Å². The minimum absolute atomic E-state index is 0.00611. The van der Waals surface area contributed by atoms with Crippen molar-refractivity contribution in [2.45, 2.75) is 19.9 Å². The summed E-state index contributed by atoms with van der Waals surface area (Å²) in [6.45, 7) is 6.49. The van der Waals surface area contributed by atoms with E-state index in [-0.39, 0.29) is 11.9 Å². The summed E-state index contributed by atoms with van der Waals surface area (Å²) in [5.41, 5.74) is 4.77. The molecule has 1 amide bonds. The number of carbonyl (C=O) groups is 1. The van der Waals surface area contributed by atoms with E-state index in [1.165, 1.54) is 11.3 Å². The molecule has 1 unspecified atom stereocenters. The number of nitrogens with one attached hydrogen (secondary N) is 1. The highest BCUT2D eigenvalue weighted by Crippen LogP contribution is 2.24. The molecule has 1 aliphatic rings. The maximum atomic E-state index is 13.0. The van der Waals surface area contributed by atoms with Crippen LogP contribution < -0.4 is 4.90 Å². The van der Waals surface area contributed by atoms with Crippen LogP contribution in [-0.4, -0.2) is 46.7 Å². The third-order valence-corrected chi connectivity index (χ3v) is 5.72. The van der Waals surface area contributed by atoms with Gasteiger partial charge in [-0.05, 0) is 49.7 Å².